The van der Waals surface area contributed by atoms with Crippen LogP contribution in [0.1, 0.15) is 28.4 Å². The van der Waals surface area contributed by atoms with E-state index in [0.717, 1.165) is 10.5 Å². The van der Waals surface area contributed by atoms with E-state index in [1.807, 2.05) is 19.1 Å². The van der Waals surface area contributed by atoms with Gasteiger partial charge >= 0.3 is 6.03 Å². The van der Waals surface area contributed by atoms with Crippen molar-refractivity contribution in [3.8, 4) is 0 Å². The molecule has 25 heavy (non-hydrogen) atoms. The van der Waals surface area contributed by atoms with Gasteiger partial charge in [0, 0.05) is 10.6 Å². The lowest BCUT2D eigenvalue weighted by Crippen LogP contribution is -2.41. The Morgan fingerprint density at radius 3 is 2.28 bits per heavy atom. The van der Waals surface area contributed by atoms with Gasteiger partial charge < -0.3 is 5.32 Å². The Bertz CT molecular complexity index is 846. The number of carbonyl (C=O) groups excluding carboxylic acids is 3. The molecule has 0 aliphatic carbocycles. The van der Waals surface area contributed by atoms with Crippen molar-refractivity contribution in [1.29, 1.82) is 0 Å². The number of urea groups is 1. The van der Waals surface area contributed by atoms with Crippen LogP contribution in [-0.4, -0.2) is 29.2 Å². The fourth-order valence-corrected chi connectivity index (χ4v) is 2.92. The van der Waals surface area contributed by atoms with Gasteiger partial charge in [-0.25, -0.2) is 4.79 Å². The van der Waals surface area contributed by atoms with E-state index >= 15 is 0 Å². The number of nitrogens with zero attached hydrogens (tertiary/aromatic N) is 1. The second kappa shape index (κ2) is 6.33. The summed E-state index contributed by atoms with van der Waals surface area (Å²) in [6.07, 6.45) is 0. The number of hydrogen-bond acceptors (Lipinski definition) is 3. The van der Waals surface area contributed by atoms with Crippen molar-refractivity contribution in [2.75, 3.05) is 6.54 Å². The molecule has 0 spiro atoms. The van der Waals surface area contributed by atoms with Gasteiger partial charge in [0.1, 0.15) is 5.54 Å². The lowest BCUT2D eigenvalue weighted by molar-refractivity contribution is -0.130. The van der Waals surface area contributed by atoms with Crippen LogP contribution in [0, 0.1) is 6.92 Å². The third-order valence-corrected chi connectivity index (χ3v) is 4.62. The molecule has 2 aromatic rings. The number of carbonyl (C=O) groups is 3. The quantitative estimate of drug-likeness (QED) is 0.675. The minimum atomic E-state index is -1.18. The molecule has 1 fully saturated rings. The van der Waals surface area contributed by atoms with Gasteiger partial charge in [0.25, 0.3) is 5.91 Å². The fourth-order valence-electron chi connectivity index (χ4n) is 2.79. The van der Waals surface area contributed by atoms with Gasteiger partial charge in [-0.05, 0) is 43.7 Å². The van der Waals surface area contributed by atoms with E-state index in [1.165, 1.54) is 0 Å². The Labute approximate surface area is 150 Å². The highest BCUT2D eigenvalue weighted by atomic mass is 35.5. The summed E-state index contributed by atoms with van der Waals surface area (Å²) in [7, 11) is 0. The molecule has 1 aliphatic rings. The Morgan fingerprint density at radius 2 is 1.68 bits per heavy atom. The van der Waals surface area contributed by atoms with Crippen LogP contribution in [-0.2, 0) is 10.3 Å². The molecule has 0 saturated carbocycles. The lowest BCUT2D eigenvalue weighted by Gasteiger charge is -2.22. The normalized spacial score (nSPS) is 19.9. The van der Waals surface area contributed by atoms with Gasteiger partial charge in [-0.3, -0.25) is 14.5 Å². The number of amides is 3. The SMILES string of the molecule is Cc1ccc([C@@]2(C)NC(=O)N(CC(=O)c3ccc(Cl)cc3)C2=O)cc1. The number of hydrogen-bond donors (Lipinski definition) is 1. The molecular formula is C19H17ClN2O3. The average molecular weight is 357 g/mol. The van der Waals surface area contributed by atoms with Crippen LogP contribution >= 0.6 is 11.6 Å². The molecule has 128 valence electrons. The van der Waals surface area contributed by atoms with Gasteiger partial charge in [0.15, 0.2) is 5.78 Å². The maximum Gasteiger partial charge on any atom is 0.325 e. The highest BCUT2D eigenvalue weighted by Gasteiger charge is 2.49. The van der Waals surface area contributed by atoms with E-state index in [4.69, 9.17) is 11.6 Å². The second-order valence-electron chi connectivity index (χ2n) is 6.24. The van der Waals surface area contributed by atoms with Crippen LogP contribution in [0.4, 0.5) is 4.79 Å². The summed E-state index contributed by atoms with van der Waals surface area (Å²) in [5, 5.41) is 3.21. The summed E-state index contributed by atoms with van der Waals surface area (Å²) >= 11 is 5.81. The summed E-state index contributed by atoms with van der Waals surface area (Å²) in [6.45, 7) is 3.27. The van der Waals surface area contributed by atoms with E-state index in [-0.39, 0.29) is 12.3 Å². The largest absolute Gasteiger partial charge is 0.325 e. The molecule has 1 heterocycles. The maximum atomic E-state index is 12.8. The zero-order chi connectivity index (χ0) is 18.2. The highest BCUT2D eigenvalue weighted by molar-refractivity contribution is 6.30. The molecule has 2 aromatic carbocycles. The van der Waals surface area contributed by atoms with Crippen LogP contribution in [0.5, 0.6) is 0 Å². The van der Waals surface area contributed by atoms with Gasteiger partial charge in [0.05, 0.1) is 6.54 Å². The summed E-state index contributed by atoms with van der Waals surface area (Å²) in [4.78, 5) is 38.4. The third-order valence-electron chi connectivity index (χ3n) is 4.37. The summed E-state index contributed by atoms with van der Waals surface area (Å²) in [6, 6.07) is 13.1. The number of halogens is 1. The lowest BCUT2D eigenvalue weighted by atomic mass is 9.91. The molecule has 1 atom stereocenters. The van der Waals surface area contributed by atoms with Crippen molar-refractivity contribution < 1.29 is 14.4 Å². The van der Waals surface area contributed by atoms with Crippen LogP contribution in [0.2, 0.25) is 5.02 Å². The van der Waals surface area contributed by atoms with Crippen molar-refractivity contribution in [3.63, 3.8) is 0 Å². The number of Topliss-reactive ketones (excluding diaryl/α,β-unsaturated/α-hetero) is 1. The van der Waals surface area contributed by atoms with E-state index < -0.39 is 17.5 Å². The van der Waals surface area contributed by atoms with Crippen molar-refractivity contribution in [3.05, 3.63) is 70.2 Å². The molecule has 3 amide bonds. The predicted molar refractivity (Wildman–Crippen MR) is 94.6 cm³/mol. The highest BCUT2D eigenvalue weighted by Crippen LogP contribution is 2.29. The van der Waals surface area contributed by atoms with Gasteiger partial charge in [-0.2, -0.15) is 0 Å². The molecule has 0 radical (unpaired) electrons. The first kappa shape index (κ1) is 17.2. The maximum absolute atomic E-state index is 12.8. The minimum absolute atomic E-state index is 0.312. The first-order chi connectivity index (χ1) is 11.8. The number of nitrogens with one attached hydrogen (secondary N) is 1. The van der Waals surface area contributed by atoms with Crippen LogP contribution in [0.15, 0.2) is 48.5 Å². The van der Waals surface area contributed by atoms with E-state index in [9.17, 15) is 14.4 Å². The molecule has 0 bridgehead atoms. The fraction of sp³-hybridized carbons (Fsp3) is 0.211. The zero-order valence-corrected chi connectivity index (χ0v) is 14.6. The number of ketones is 1. The summed E-state index contributed by atoms with van der Waals surface area (Å²) in [5.74, 6) is -0.767. The van der Waals surface area contributed by atoms with E-state index in [1.54, 1.807) is 43.3 Å². The number of imide groups is 1. The minimum Gasteiger partial charge on any atom is -0.319 e. The molecule has 1 N–H and O–H groups in total. The zero-order valence-electron chi connectivity index (χ0n) is 13.9. The van der Waals surface area contributed by atoms with Gasteiger partial charge in [0.2, 0.25) is 0 Å². The molecule has 1 saturated heterocycles. The van der Waals surface area contributed by atoms with Crippen molar-refractivity contribution in [1.82, 2.24) is 10.2 Å². The Kier molecular flexibility index (Phi) is 4.35. The summed E-state index contributed by atoms with van der Waals surface area (Å²) < 4.78 is 0. The van der Waals surface area contributed by atoms with Gasteiger partial charge in [-0.1, -0.05) is 41.4 Å². The Morgan fingerprint density at radius 1 is 1.08 bits per heavy atom. The summed E-state index contributed by atoms with van der Waals surface area (Å²) in [5.41, 5.74) is 0.955. The van der Waals surface area contributed by atoms with Crippen LogP contribution in [0.25, 0.3) is 0 Å². The standard InChI is InChI=1S/C19H17ClN2O3/c1-12-3-7-14(8-4-12)19(2)17(24)22(18(25)21-19)11-16(23)13-5-9-15(20)10-6-13/h3-10H,11H2,1-2H3,(H,21,25)/t19-/m1/s1. The molecule has 0 aromatic heterocycles. The monoisotopic (exact) mass is 356 g/mol. The smallest absolute Gasteiger partial charge is 0.319 e. The second-order valence-corrected chi connectivity index (χ2v) is 6.68. The van der Waals surface area contributed by atoms with Crippen LogP contribution in [0.3, 0.4) is 0 Å². The number of rotatable bonds is 4. The molecular weight excluding hydrogens is 340 g/mol. The van der Waals surface area contributed by atoms with Crippen molar-refractivity contribution in [2.24, 2.45) is 0 Å². The van der Waals surface area contributed by atoms with E-state index in [2.05, 4.69) is 5.32 Å². The van der Waals surface area contributed by atoms with Crippen LogP contribution < -0.4 is 5.32 Å². The third kappa shape index (κ3) is 3.15. The van der Waals surface area contributed by atoms with E-state index in [0.29, 0.717) is 16.1 Å². The first-order valence-electron chi connectivity index (χ1n) is 7.81. The molecule has 5 nitrogen and oxygen atoms in total. The number of aryl methyl sites for hydroxylation is 1. The van der Waals surface area contributed by atoms with Gasteiger partial charge in [-0.15, -0.1) is 0 Å². The van der Waals surface area contributed by atoms with Crippen molar-refractivity contribution in [2.45, 2.75) is 19.4 Å². The number of benzene rings is 2. The first-order valence-corrected chi connectivity index (χ1v) is 8.19. The molecule has 6 heteroatoms. The predicted octanol–water partition coefficient (Wildman–Crippen LogP) is 3.30. The Balaban J connectivity index is 1.82. The average Bonchev–Trinajstić information content (AvgIpc) is 2.80. The molecule has 0 unspecified atom stereocenters. The topological polar surface area (TPSA) is 66.5 Å². The molecule has 1 aliphatic heterocycles. The van der Waals surface area contributed by atoms with Crippen molar-refractivity contribution >= 4 is 29.3 Å². The molecule has 3 rings (SSSR count). The Hall–Kier alpha value is -2.66.